The molecule has 0 bridgehead atoms. The summed E-state index contributed by atoms with van der Waals surface area (Å²) in [5.41, 5.74) is 2.24. The van der Waals surface area contributed by atoms with Crippen molar-refractivity contribution in [1.82, 2.24) is 14.5 Å². The Bertz CT molecular complexity index is 1020. The van der Waals surface area contributed by atoms with Crippen molar-refractivity contribution in [3.8, 4) is 0 Å². The van der Waals surface area contributed by atoms with Crippen LogP contribution in [0, 0.1) is 5.82 Å². The van der Waals surface area contributed by atoms with Crippen molar-refractivity contribution in [3.63, 3.8) is 0 Å². The van der Waals surface area contributed by atoms with E-state index in [-0.39, 0.29) is 17.3 Å². The van der Waals surface area contributed by atoms with Gasteiger partial charge in [-0.15, -0.1) is 0 Å². The van der Waals surface area contributed by atoms with Crippen molar-refractivity contribution in [2.75, 3.05) is 19.6 Å². The second-order valence-electron chi connectivity index (χ2n) is 8.20. The third-order valence-electron chi connectivity index (χ3n) is 6.09. The van der Waals surface area contributed by atoms with Crippen LogP contribution in [0.15, 0.2) is 53.4 Å². The summed E-state index contributed by atoms with van der Waals surface area (Å²) < 4.78 is 40.4. The van der Waals surface area contributed by atoms with E-state index in [2.05, 4.69) is 16.3 Å². The van der Waals surface area contributed by atoms with E-state index in [4.69, 9.17) is 0 Å². The Balaban J connectivity index is 1.43. The minimum Gasteiger partial charge on any atom is -0.351 e. The summed E-state index contributed by atoms with van der Waals surface area (Å²) in [7, 11) is -3.86. The summed E-state index contributed by atoms with van der Waals surface area (Å²) in [4.78, 5) is 15.3. The number of carbonyl (C=O) groups excluding carboxylic acids is 1. The molecule has 2 saturated heterocycles. The van der Waals surface area contributed by atoms with E-state index in [9.17, 15) is 17.6 Å². The number of hydrogen-bond acceptors (Lipinski definition) is 4. The zero-order valence-electron chi connectivity index (χ0n) is 17.5. The van der Waals surface area contributed by atoms with Crippen LogP contribution in [-0.2, 0) is 27.9 Å². The summed E-state index contributed by atoms with van der Waals surface area (Å²) in [6.45, 7) is 3.70. The van der Waals surface area contributed by atoms with Crippen molar-refractivity contribution in [1.29, 1.82) is 0 Å². The zero-order chi connectivity index (χ0) is 21.8. The Kier molecular flexibility index (Phi) is 6.69. The van der Waals surface area contributed by atoms with Gasteiger partial charge in [-0.1, -0.05) is 24.3 Å². The van der Waals surface area contributed by atoms with E-state index in [1.807, 2.05) is 18.2 Å². The van der Waals surface area contributed by atoms with E-state index in [1.54, 1.807) is 0 Å². The predicted octanol–water partition coefficient (Wildman–Crippen LogP) is 2.89. The molecule has 2 aliphatic rings. The van der Waals surface area contributed by atoms with Crippen LogP contribution in [0.1, 0.15) is 36.8 Å². The number of sulfonamides is 1. The van der Waals surface area contributed by atoms with Crippen molar-refractivity contribution in [3.05, 3.63) is 65.5 Å². The fraction of sp³-hybridized carbons (Fsp3) is 0.435. The summed E-state index contributed by atoms with van der Waals surface area (Å²) in [6, 6.07) is 12.0. The first kappa shape index (κ1) is 21.9. The van der Waals surface area contributed by atoms with Crippen LogP contribution in [0.3, 0.4) is 0 Å². The zero-order valence-corrected chi connectivity index (χ0v) is 18.3. The smallest absolute Gasteiger partial charge is 0.243 e. The lowest BCUT2D eigenvalue weighted by atomic mass is 10.1. The minimum atomic E-state index is -3.86. The molecular formula is C23H28FN3O3S. The number of nitrogens with zero attached hydrogens (tertiary/aromatic N) is 2. The van der Waals surface area contributed by atoms with Gasteiger partial charge < -0.3 is 5.32 Å². The fourth-order valence-electron chi connectivity index (χ4n) is 4.40. The molecule has 0 aromatic heterocycles. The summed E-state index contributed by atoms with van der Waals surface area (Å²) in [6.07, 6.45) is 3.53. The molecule has 1 atom stereocenters. The highest BCUT2D eigenvalue weighted by Gasteiger charge is 2.39. The molecule has 2 aromatic rings. The van der Waals surface area contributed by atoms with Crippen LogP contribution in [0.2, 0.25) is 0 Å². The molecule has 0 saturated carbocycles. The lowest BCUT2D eigenvalue weighted by Crippen LogP contribution is -2.45. The van der Waals surface area contributed by atoms with E-state index in [1.165, 1.54) is 34.8 Å². The molecule has 2 fully saturated rings. The highest BCUT2D eigenvalue weighted by Crippen LogP contribution is 2.26. The second kappa shape index (κ2) is 9.46. The molecule has 1 unspecified atom stereocenters. The average molecular weight is 446 g/mol. The maximum atomic E-state index is 13.2. The first-order valence-electron chi connectivity index (χ1n) is 10.8. The number of likely N-dealkylation sites (tertiary alicyclic amines) is 1. The highest BCUT2D eigenvalue weighted by molar-refractivity contribution is 7.89. The third kappa shape index (κ3) is 4.97. The molecule has 2 aliphatic heterocycles. The van der Waals surface area contributed by atoms with Crippen molar-refractivity contribution in [2.45, 2.75) is 49.7 Å². The highest BCUT2D eigenvalue weighted by atomic mass is 32.2. The molecule has 8 heteroatoms. The van der Waals surface area contributed by atoms with Crippen molar-refractivity contribution < 1.29 is 17.6 Å². The van der Waals surface area contributed by atoms with E-state index in [0.29, 0.717) is 19.4 Å². The molecule has 166 valence electrons. The number of carbonyl (C=O) groups is 1. The molecular weight excluding hydrogens is 417 g/mol. The maximum absolute atomic E-state index is 13.2. The lowest BCUT2D eigenvalue weighted by Gasteiger charge is -2.24. The fourth-order valence-corrected chi connectivity index (χ4v) is 6.05. The third-order valence-corrected chi connectivity index (χ3v) is 8.01. The van der Waals surface area contributed by atoms with Crippen LogP contribution in [0.5, 0.6) is 0 Å². The van der Waals surface area contributed by atoms with Crippen LogP contribution in [-0.4, -0.2) is 49.2 Å². The number of nitrogens with one attached hydrogen (secondary N) is 1. The van der Waals surface area contributed by atoms with Gasteiger partial charge in [-0.2, -0.15) is 4.31 Å². The molecule has 0 spiro atoms. The van der Waals surface area contributed by atoms with Gasteiger partial charge in [-0.3, -0.25) is 9.69 Å². The monoisotopic (exact) mass is 445 g/mol. The van der Waals surface area contributed by atoms with Crippen LogP contribution < -0.4 is 5.32 Å². The average Bonchev–Trinajstić information content (AvgIpc) is 3.46. The van der Waals surface area contributed by atoms with E-state index < -0.39 is 21.9 Å². The summed E-state index contributed by atoms with van der Waals surface area (Å²) in [5, 5.41) is 2.95. The Morgan fingerprint density at radius 2 is 1.65 bits per heavy atom. The molecule has 4 rings (SSSR count). The van der Waals surface area contributed by atoms with Gasteiger partial charge >= 0.3 is 0 Å². The topological polar surface area (TPSA) is 69.7 Å². The first-order chi connectivity index (χ1) is 14.9. The molecule has 0 radical (unpaired) electrons. The van der Waals surface area contributed by atoms with E-state index >= 15 is 0 Å². The normalized spacial score (nSPS) is 20.2. The number of rotatable bonds is 7. The molecule has 1 amide bonds. The molecule has 31 heavy (non-hydrogen) atoms. The SMILES string of the molecule is O=C(NCc1ccccc1CN1CCCC1)C1CCCN1S(=O)(=O)c1ccc(F)cc1. The largest absolute Gasteiger partial charge is 0.351 e. The number of amides is 1. The Labute approximate surface area is 183 Å². The quantitative estimate of drug-likeness (QED) is 0.712. The van der Waals surface area contributed by atoms with Gasteiger partial charge in [0.15, 0.2) is 0 Å². The van der Waals surface area contributed by atoms with Gasteiger partial charge in [0.2, 0.25) is 15.9 Å². The predicted molar refractivity (Wildman–Crippen MR) is 116 cm³/mol. The van der Waals surface area contributed by atoms with Crippen molar-refractivity contribution >= 4 is 15.9 Å². The first-order valence-corrected chi connectivity index (χ1v) is 12.2. The van der Waals surface area contributed by atoms with E-state index in [0.717, 1.165) is 37.3 Å². The van der Waals surface area contributed by atoms with Gasteiger partial charge in [-0.05, 0) is 74.2 Å². The van der Waals surface area contributed by atoms with Gasteiger partial charge in [-0.25, -0.2) is 12.8 Å². The van der Waals surface area contributed by atoms with Gasteiger partial charge in [0, 0.05) is 19.6 Å². The standard InChI is InChI=1S/C23H28FN3O3S/c24-20-9-11-21(12-10-20)31(29,30)27-15-5-8-22(27)23(28)25-16-18-6-1-2-7-19(18)17-26-13-3-4-14-26/h1-2,6-7,9-12,22H,3-5,8,13-17H2,(H,25,28). The van der Waals surface area contributed by atoms with Crippen LogP contribution in [0.4, 0.5) is 4.39 Å². The van der Waals surface area contributed by atoms with Crippen LogP contribution in [0.25, 0.3) is 0 Å². The molecule has 2 heterocycles. The minimum absolute atomic E-state index is 0.00422. The number of benzene rings is 2. The Morgan fingerprint density at radius 3 is 2.35 bits per heavy atom. The summed E-state index contributed by atoms with van der Waals surface area (Å²) >= 11 is 0. The van der Waals surface area contributed by atoms with Gasteiger partial charge in [0.1, 0.15) is 11.9 Å². The summed E-state index contributed by atoms with van der Waals surface area (Å²) in [5.74, 6) is -0.790. The number of hydrogen-bond donors (Lipinski definition) is 1. The molecule has 2 aromatic carbocycles. The second-order valence-corrected chi connectivity index (χ2v) is 10.1. The molecule has 6 nitrogen and oxygen atoms in total. The number of halogens is 1. The Hall–Kier alpha value is -2.29. The van der Waals surface area contributed by atoms with Crippen molar-refractivity contribution in [2.24, 2.45) is 0 Å². The van der Waals surface area contributed by atoms with Crippen LogP contribution >= 0.6 is 0 Å². The molecule has 1 N–H and O–H groups in total. The maximum Gasteiger partial charge on any atom is 0.243 e. The Morgan fingerprint density at radius 1 is 0.968 bits per heavy atom. The van der Waals surface area contributed by atoms with Gasteiger partial charge in [0.05, 0.1) is 4.90 Å². The van der Waals surface area contributed by atoms with Gasteiger partial charge in [0.25, 0.3) is 0 Å². The molecule has 0 aliphatic carbocycles. The lowest BCUT2D eigenvalue weighted by molar-refractivity contribution is -0.124.